The quantitative estimate of drug-likeness (QED) is 0.345. The fourth-order valence-corrected chi connectivity index (χ4v) is 6.28. The van der Waals surface area contributed by atoms with Gasteiger partial charge in [0.05, 0.1) is 5.02 Å². The van der Waals surface area contributed by atoms with Crippen LogP contribution in [0.15, 0.2) is 42.5 Å². The van der Waals surface area contributed by atoms with Crippen LogP contribution in [0.5, 0.6) is 0 Å². The first-order chi connectivity index (χ1) is 19.5. The number of alkyl halides is 3. The van der Waals surface area contributed by atoms with Crippen molar-refractivity contribution in [1.29, 1.82) is 0 Å². The number of ether oxygens (including phenoxy) is 2. The number of carbonyl (C=O) groups excluding carboxylic acids is 2. The number of benzene rings is 2. The highest BCUT2D eigenvalue weighted by Gasteiger charge is 2.64. The van der Waals surface area contributed by atoms with Gasteiger partial charge in [-0.3, -0.25) is 4.79 Å². The topological polar surface area (TPSA) is 59.1 Å². The molecule has 1 spiro atoms. The molecule has 12 heteroatoms. The minimum atomic E-state index is -5.18. The van der Waals surface area contributed by atoms with Gasteiger partial charge in [0.25, 0.3) is 11.5 Å². The predicted octanol–water partition coefficient (Wildman–Crippen LogP) is 7.06. The number of amides is 2. The van der Waals surface area contributed by atoms with Crippen LogP contribution in [0.1, 0.15) is 57.1 Å². The van der Waals surface area contributed by atoms with E-state index in [9.17, 15) is 31.5 Å². The van der Waals surface area contributed by atoms with E-state index in [0.717, 1.165) is 35.8 Å². The van der Waals surface area contributed by atoms with E-state index in [1.54, 1.807) is 37.8 Å². The summed E-state index contributed by atoms with van der Waals surface area (Å²) in [5.74, 6) is -2.94. The number of methoxy groups -OCH3 is 1. The third-order valence-electron chi connectivity index (χ3n) is 8.32. The standard InChI is InChI=1S/C30H34ClF5N2O4/c1-27(2,3)42-26(40)38-16-13-28(22(18-38)19-5-8-21(32)9-6-19)11-14-37(15-12-28)25(39)29(41-4,30(34,35)36)20-7-10-24(33)23(31)17-20/h5-10,17,22H,11-16,18H2,1-4H3/t22-,29?/m0/s1. The van der Waals surface area contributed by atoms with Crippen LogP contribution in [0, 0.1) is 17.0 Å². The van der Waals surface area contributed by atoms with E-state index in [2.05, 4.69) is 0 Å². The summed E-state index contributed by atoms with van der Waals surface area (Å²) in [4.78, 5) is 29.3. The number of piperidine rings is 2. The summed E-state index contributed by atoms with van der Waals surface area (Å²) in [5.41, 5.74) is -4.40. The maximum absolute atomic E-state index is 14.6. The Morgan fingerprint density at radius 2 is 1.50 bits per heavy atom. The van der Waals surface area contributed by atoms with Gasteiger partial charge >= 0.3 is 12.3 Å². The summed E-state index contributed by atoms with van der Waals surface area (Å²) < 4.78 is 81.9. The van der Waals surface area contributed by atoms with Gasteiger partial charge in [-0.2, -0.15) is 13.2 Å². The third kappa shape index (κ3) is 6.08. The molecule has 0 aliphatic carbocycles. The summed E-state index contributed by atoms with van der Waals surface area (Å²) >= 11 is 5.79. The molecule has 2 heterocycles. The minimum Gasteiger partial charge on any atom is -0.444 e. The van der Waals surface area contributed by atoms with Gasteiger partial charge in [0.15, 0.2) is 0 Å². The number of hydrogen-bond donors (Lipinski definition) is 0. The van der Waals surface area contributed by atoms with Crippen molar-refractivity contribution >= 4 is 23.6 Å². The number of likely N-dealkylation sites (tertiary alicyclic amines) is 2. The van der Waals surface area contributed by atoms with Crippen molar-refractivity contribution < 1.29 is 41.0 Å². The van der Waals surface area contributed by atoms with Crippen molar-refractivity contribution in [2.75, 3.05) is 33.3 Å². The van der Waals surface area contributed by atoms with Crippen molar-refractivity contribution in [3.05, 3.63) is 70.2 Å². The molecule has 230 valence electrons. The lowest BCUT2D eigenvalue weighted by Gasteiger charge is -2.52. The zero-order valence-electron chi connectivity index (χ0n) is 23.9. The van der Waals surface area contributed by atoms with Gasteiger partial charge in [0.1, 0.15) is 17.2 Å². The predicted molar refractivity (Wildman–Crippen MR) is 146 cm³/mol. The van der Waals surface area contributed by atoms with Gasteiger partial charge in [-0.1, -0.05) is 29.8 Å². The zero-order chi connectivity index (χ0) is 31.1. The maximum atomic E-state index is 14.6. The molecular weight excluding hydrogens is 583 g/mol. The number of carbonyl (C=O) groups is 2. The van der Waals surface area contributed by atoms with Crippen molar-refractivity contribution in [3.8, 4) is 0 Å². The Morgan fingerprint density at radius 1 is 0.929 bits per heavy atom. The second-order valence-electron chi connectivity index (χ2n) is 11.9. The number of nitrogens with zero attached hydrogens (tertiary/aromatic N) is 2. The summed E-state index contributed by atoms with van der Waals surface area (Å²) in [7, 11) is 0.783. The molecule has 0 aromatic heterocycles. The van der Waals surface area contributed by atoms with Gasteiger partial charge < -0.3 is 19.3 Å². The van der Waals surface area contributed by atoms with Crippen LogP contribution < -0.4 is 0 Å². The molecule has 1 unspecified atom stereocenters. The van der Waals surface area contributed by atoms with Crippen molar-refractivity contribution in [1.82, 2.24) is 9.80 Å². The first kappa shape index (κ1) is 32.0. The molecule has 2 aliphatic heterocycles. The maximum Gasteiger partial charge on any atom is 0.430 e. The van der Waals surface area contributed by atoms with Crippen molar-refractivity contribution in [3.63, 3.8) is 0 Å². The summed E-state index contributed by atoms with van der Waals surface area (Å²) in [6.07, 6.45) is -4.47. The Balaban J connectivity index is 1.62. The highest BCUT2D eigenvalue weighted by molar-refractivity contribution is 6.30. The lowest BCUT2D eigenvalue weighted by Crippen LogP contribution is -2.60. The Bertz CT molecular complexity index is 1310. The van der Waals surface area contributed by atoms with E-state index in [1.165, 1.54) is 12.1 Å². The normalized spacial score (nSPS) is 20.8. The molecule has 0 N–H and O–H groups in total. The SMILES string of the molecule is COC(C(=O)N1CCC2(CCN(C(=O)OC(C)(C)C)C[C@H]2c2ccc(F)cc2)CC1)(c1ccc(F)c(Cl)c1)C(F)(F)F. The lowest BCUT2D eigenvalue weighted by molar-refractivity contribution is -0.271. The molecule has 4 rings (SSSR count). The second-order valence-corrected chi connectivity index (χ2v) is 12.4. The molecule has 2 aromatic carbocycles. The highest BCUT2D eigenvalue weighted by Crippen LogP contribution is 2.52. The average Bonchev–Trinajstić information content (AvgIpc) is 2.91. The Morgan fingerprint density at radius 3 is 2.00 bits per heavy atom. The summed E-state index contributed by atoms with van der Waals surface area (Å²) in [6.45, 7) is 5.90. The van der Waals surface area contributed by atoms with E-state index in [1.807, 2.05) is 0 Å². The molecule has 6 nitrogen and oxygen atoms in total. The molecule has 2 saturated heterocycles. The largest absolute Gasteiger partial charge is 0.444 e. The first-order valence-electron chi connectivity index (χ1n) is 13.6. The zero-order valence-corrected chi connectivity index (χ0v) is 24.6. The van der Waals surface area contributed by atoms with Crippen LogP contribution in [-0.2, 0) is 19.9 Å². The Hall–Kier alpha value is -2.92. The molecule has 2 aliphatic rings. The minimum absolute atomic E-state index is 0.0148. The summed E-state index contributed by atoms with van der Waals surface area (Å²) in [6, 6.07) is 8.33. The Labute approximate surface area is 246 Å². The molecule has 0 saturated carbocycles. The van der Waals surface area contributed by atoms with Gasteiger partial charge in [0.2, 0.25) is 0 Å². The average molecular weight is 617 g/mol. The van der Waals surface area contributed by atoms with Crippen molar-refractivity contribution in [2.24, 2.45) is 5.41 Å². The third-order valence-corrected chi connectivity index (χ3v) is 8.61. The highest BCUT2D eigenvalue weighted by atomic mass is 35.5. The molecule has 0 bridgehead atoms. The van der Waals surface area contributed by atoms with E-state index in [-0.39, 0.29) is 25.6 Å². The van der Waals surface area contributed by atoms with Crippen LogP contribution in [0.2, 0.25) is 5.02 Å². The molecule has 2 aromatic rings. The van der Waals surface area contributed by atoms with Crippen LogP contribution in [0.4, 0.5) is 26.7 Å². The molecule has 2 fully saturated rings. The van der Waals surface area contributed by atoms with Crippen LogP contribution in [0.3, 0.4) is 0 Å². The van der Waals surface area contributed by atoms with Crippen LogP contribution in [0.25, 0.3) is 0 Å². The number of rotatable bonds is 4. The smallest absolute Gasteiger partial charge is 0.430 e. The fourth-order valence-electron chi connectivity index (χ4n) is 6.10. The second kappa shape index (κ2) is 11.6. The van der Waals surface area contributed by atoms with Gasteiger partial charge in [0, 0.05) is 44.8 Å². The Kier molecular flexibility index (Phi) is 8.87. The molecular formula is C30H34ClF5N2O4. The monoisotopic (exact) mass is 616 g/mol. The molecule has 2 atom stereocenters. The van der Waals surface area contributed by atoms with Gasteiger partial charge in [-0.15, -0.1) is 0 Å². The number of halogens is 6. The number of hydrogen-bond acceptors (Lipinski definition) is 4. The summed E-state index contributed by atoms with van der Waals surface area (Å²) in [5, 5.41) is -0.567. The fraction of sp³-hybridized carbons (Fsp3) is 0.533. The molecule has 42 heavy (non-hydrogen) atoms. The molecule has 2 amide bonds. The van der Waals surface area contributed by atoms with E-state index in [0.29, 0.717) is 25.8 Å². The molecule has 0 radical (unpaired) electrons. The van der Waals surface area contributed by atoms with E-state index < -0.39 is 57.0 Å². The van der Waals surface area contributed by atoms with E-state index in [4.69, 9.17) is 21.1 Å². The van der Waals surface area contributed by atoms with Gasteiger partial charge in [-0.05, 0) is 75.3 Å². The van der Waals surface area contributed by atoms with Crippen LogP contribution in [-0.4, -0.2) is 66.9 Å². The lowest BCUT2D eigenvalue weighted by atomic mass is 9.62. The van der Waals surface area contributed by atoms with Gasteiger partial charge in [-0.25, -0.2) is 13.6 Å². The van der Waals surface area contributed by atoms with Crippen LogP contribution >= 0.6 is 11.6 Å². The van der Waals surface area contributed by atoms with E-state index >= 15 is 0 Å². The first-order valence-corrected chi connectivity index (χ1v) is 14.0. The van der Waals surface area contributed by atoms with Crippen molar-refractivity contribution in [2.45, 2.75) is 63.3 Å².